The fraction of sp³-hybridized carbons (Fsp3) is 0.536. The fourth-order valence-corrected chi connectivity index (χ4v) is 5.36. The van der Waals surface area contributed by atoms with Crippen molar-refractivity contribution in [3.63, 3.8) is 0 Å². The zero-order valence-corrected chi connectivity index (χ0v) is 21.9. The Balaban J connectivity index is 1.51. The number of carbonyl (C=O) groups is 1. The molecule has 2 saturated heterocycles. The van der Waals surface area contributed by atoms with Crippen LogP contribution < -0.4 is 4.74 Å². The minimum Gasteiger partial charge on any atom is -0.493 e. The Morgan fingerprint density at radius 2 is 1.83 bits per heavy atom. The summed E-state index contributed by atoms with van der Waals surface area (Å²) >= 11 is 6.20. The molecular weight excluding hydrogens is 465 g/mol. The van der Waals surface area contributed by atoms with Crippen LogP contribution in [0.15, 0.2) is 36.4 Å². The Hall–Kier alpha value is -2.15. The summed E-state index contributed by atoms with van der Waals surface area (Å²) in [6, 6.07) is 10.7. The standard InChI is InChI=1S/C28H37ClFN3O2/c1-21-5-6-24(30)16-23(21)18-32-10-4-9-28(19-32,17-27(34)33-13-11-31(3)12-14-33)20-35-25-7-8-26(29)22(2)15-25/h5-8,15-16H,4,9-14,17-20H2,1-3H3/t28-/m1/s1. The van der Waals surface area contributed by atoms with Crippen molar-refractivity contribution >= 4 is 17.5 Å². The van der Waals surface area contributed by atoms with E-state index in [2.05, 4.69) is 16.8 Å². The Kier molecular flexibility index (Phi) is 8.35. The van der Waals surface area contributed by atoms with Crippen LogP contribution in [0.1, 0.15) is 36.0 Å². The molecule has 2 aromatic rings. The molecule has 0 spiro atoms. The Morgan fingerprint density at radius 3 is 2.57 bits per heavy atom. The van der Waals surface area contributed by atoms with Gasteiger partial charge in [-0.25, -0.2) is 4.39 Å². The topological polar surface area (TPSA) is 36.0 Å². The van der Waals surface area contributed by atoms with Gasteiger partial charge in [0.05, 0.1) is 6.61 Å². The highest BCUT2D eigenvalue weighted by atomic mass is 35.5. The fourth-order valence-electron chi connectivity index (χ4n) is 5.24. The number of nitrogens with zero attached hydrogens (tertiary/aromatic N) is 3. The summed E-state index contributed by atoms with van der Waals surface area (Å²) in [6.07, 6.45) is 2.37. The van der Waals surface area contributed by atoms with Gasteiger partial charge in [-0.05, 0) is 87.3 Å². The minimum atomic E-state index is -0.298. The molecule has 2 heterocycles. The molecule has 0 aromatic heterocycles. The highest BCUT2D eigenvalue weighted by Crippen LogP contribution is 2.36. The van der Waals surface area contributed by atoms with Gasteiger partial charge in [0.15, 0.2) is 0 Å². The number of piperidine rings is 1. The zero-order valence-electron chi connectivity index (χ0n) is 21.2. The lowest BCUT2D eigenvalue weighted by molar-refractivity contribution is -0.137. The average molecular weight is 502 g/mol. The number of ether oxygens (including phenoxy) is 1. The van der Waals surface area contributed by atoms with Crippen molar-refractivity contribution in [3.05, 3.63) is 63.9 Å². The molecule has 1 amide bonds. The maximum absolute atomic E-state index is 13.9. The largest absolute Gasteiger partial charge is 0.493 e. The molecule has 0 unspecified atom stereocenters. The first-order valence-electron chi connectivity index (χ1n) is 12.6. The van der Waals surface area contributed by atoms with E-state index in [1.165, 1.54) is 6.07 Å². The van der Waals surface area contributed by atoms with Gasteiger partial charge in [0.1, 0.15) is 11.6 Å². The maximum Gasteiger partial charge on any atom is 0.223 e. The first kappa shape index (κ1) is 25.9. The number of benzene rings is 2. The molecule has 2 aliphatic heterocycles. The van der Waals surface area contributed by atoms with Gasteiger partial charge in [0.25, 0.3) is 0 Å². The smallest absolute Gasteiger partial charge is 0.223 e. The number of hydrogen-bond acceptors (Lipinski definition) is 4. The molecule has 2 aromatic carbocycles. The van der Waals surface area contributed by atoms with Gasteiger partial charge in [-0.2, -0.15) is 0 Å². The molecule has 1 atom stereocenters. The van der Waals surface area contributed by atoms with Crippen molar-refractivity contribution < 1.29 is 13.9 Å². The summed E-state index contributed by atoms with van der Waals surface area (Å²) in [5.41, 5.74) is 2.76. The molecule has 190 valence electrons. The summed E-state index contributed by atoms with van der Waals surface area (Å²) in [6.45, 7) is 10.2. The first-order chi connectivity index (χ1) is 16.7. The summed E-state index contributed by atoms with van der Waals surface area (Å²) in [5.74, 6) is 0.773. The first-order valence-corrected chi connectivity index (χ1v) is 12.9. The van der Waals surface area contributed by atoms with E-state index in [9.17, 15) is 9.18 Å². The quantitative estimate of drug-likeness (QED) is 0.539. The molecular formula is C28H37ClFN3O2. The zero-order chi connectivity index (χ0) is 25.0. The summed E-state index contributed by atoms with van der Waals surface area (Å²) in [7, 11) is 2.10. The second-order valence-electron chi connectivity index (χ2n) is 10.4. The maximum atomic E-state index is 13.9. The van der Waals surface area contributed by atoms with E-state index in [1.54, 1.807) is 6.07 Å². The molecule has 0 saturated carbocycles. The molecule has 0 aliphatic carbocycles. The molecule has 5 nitrogen and oxygen atoms in total. The lowest BCUT2D eigenvalue weighted by Crippen LogP contribution is -2.52. The third kappa shape index (κ3) is 6.75. The summed E-state index contributed by atoms with van der Waals surface area (Å²) in [5, 5.41) is 0.714. The van der Waals surface area contributed by atoms with Crippen LogP contribution in [0.25, 0.3) is 0 Å². The van der Waals surface area contributed by atoms with Crippen LogP contribution in [0.2, 0.25) is 5.02 Å². The van der Waals surface area contributed by atoms with Crippen LogP contribution in [0, 0.1) is 25.1 Å². The highest BCUT2D eigenvalue weighted by Gasteiger charge is 2.40. The third-order valence-corrected chi connectivity index (χ3v) is 7.93. The number of amides is 1. The van der Waals surface area contributed by atoms with Gasteiger partial charge >= 0.3 is 0 Å². The molecule has 0 radical (unpaired) electrons. The van der Waals surface area contributed by atoms with Crippen molar-refractivity contribution in [2.75, 3.05) is 52.9 Å². The average Bonchev–Trinajstić information content (AvgIpc) is 2.83. The molecule has 4 rings (SSSR count). The summed E-state index contributed by atoms with van der Waals surface area (Å²) in [4.78, 5) is 20.0. The van der Waals surface area contributed by atoms with Gasteiger partial charge in [-0.15, -0.1) is 0 Å². The second-order valence-corrected chi connectivity index (χ2v) is 10.9. The van der Waals surface area contributed by atoms with E-state index in [-0.39, 0.29) is 17.1 Å². The predicted octanol–water partition coefficient (Wildman–Crippen LogP) is 4.92. The number of rotatable bonds is 7. The lowest BCUT2D eigenvalue weighted by Gasteiger charge is -2.44. The number of piperazine rings is 1. The van der Waals surface area contributed by atoms with Crippen molar-refractivity contribution in [2.45, 2.75) is 39.7 Å². The van der Waals surface area contributed by atoms with E-state index in [0.29, 0.717) is 24.6 Å². The SMILES string of the molecule is Cc1cc(OC[C@@]2(CC(=O)N3CCN(C)CC3)CCCN(Cc3cc(F)ccc3C)C2)ccc1Cl. The number of halogens is 2. The van der Waals surface area contributed by atoms with Crippen LogP contribution in [-0.4, -0.2) is 73.5 Å². The molecule has 0 bridgehead atoms. The minimum absolute atomic E-state index is 0.206. The Bertz CT molecular complexity index is 1040. The van der Waals surface area contributed by atoms with Gasteiger partial charge in [0.2, 0.25) is 5.91 Å². The second kappa shape index (κ2) is 11.3. The van der Waals surface area contributed by atoms with E-state index >= 15 is 0 Å². The van der Waals surface area contributed by atoms with Crippen LogP contribution in [0.3, 0.4) is 0 Å². The van der Waals surface area contributed by atoms with Crippen LogP contribution in [0.5, 0.6) is 5.75 Å². The Labute approximate surface area is 213 Å². The Morgan fingerprint density at radius 1 is 1.06 bits per heavy atom. The van der Waals surface area contributed by atoms with Crippen molar-refractivity contribution in [1.82, 2.24) is 14.7 Å². The summed E-state index contributed by atoms with van der Waals surface area (Å²) < 4.78 is 20.2. The number of hydrogen-bond donors (Lipinski definition) is 0. The number of carbonyl (C=O) groups excluding carboxylic acids is 1. The lowest BCUT2D eigenvalue weighted by atomic mass is 9.77. The predicted molar refractivity (Wildman–Crippen MR) is 138 cm³/mol. The normalized spacial score (nSPS) is 21.8. The van der Waals surface area contributed by atoms with Crippen molar-refractivity contribution in [2.24, 2.45) is 5.41 Å². The van der Waals surface area contributed by atoms with E-state index in [0.717, 1.165) is 74.6 Å². The number of likely N-dealkylation sites (N-methyl/N-ethyl adjacent to an activating group) is 1. The van der Waals surface area contributed by atoms with Crippen LogP contribution >= 0.6 is 11.6 Å². The third-order valence-electron chi connectivity index (χ3n) is 7.50. The molecule has 2 fully saturated rings. The van der Waals surface area contributed by atoms with Crippen molar-refractivity contribution in [1.29, 1.82) is 0 Å². The monoisotopic (exact) mass is 501 g/mol. The molecule has 35 heavy (non-hydrogen) atoms. The van der Waals surface area contributed by atoms with Gasteiger partial charge in [-0.3, -0.25) is 9.69 Å². The van der Waals surface area contributed by atoms with E-state index in [1.807, 2.05) is 43.0 Å². The molecule has 2 aliphatic rings. The highest BCUT2D eigenvalue weighted by molar-refractivity contribution is 6.31. The van der Waals surface area contributed by atoms with Gasteiger partial charge < -0.3 is 14.5 Å². The molecule has 0 N–H and O–H groups in total. The number of aryl methyl sites for hydroxylation is 2. The van der Waals surface area contributed by atoms with Crippen LogP contribution in [-0.2, 0) is 11.3 Å². The van der Waals surface area contributed by atoms with E-state index in [4.69, 9.17) is 16.3 Å². The number of likely N-dealkylation sites (tertiary alicyclic amines) is 1. The van der Waals surface area contributed by atoms with Gasteiger partial charge in [-0.1, -0.05) is 17.7 Å². The van der Waals surface area contributed by atoms with Crippen molar-refractivity contribution in [3.8, 4) is 5.75 Å². The van der Waals surface area contributed by atoms with Gasteiger partial charge in [0, 0.05) is 56.1 Å². The van der Waals surface area contributed by atoms with E-state index < -0.39 is 0 Å². The van der Waals surface area contributed by atoms with Crippen LogP contribution in [0.4, 0.5) is 4.39 Å². The molecule has 7 heteroatoms.